The summed E-state index contributed by atoms with van der Waals surface area (Å²) >= 11 is 0. The number of nitrogens with one attached hydrogen (secondary N) is 1. The Hall–Kier alpha value is -0.610. The number of nitrogens with two attached hydrogens (primary N) is 1. The molecule has 0 radical (unpaired) electrons. The summed E-state index contributed by atoms with van der Waals surface area (Å²) in [6, 6.07) is 0. The second kappa shape index (κ2) is 4.72. The van der Waals surface area contributed by atoms with Crippen LogP contribution in [0.5, 0.6) is 0 Å². The number of amides is 1. The molecule has 0 spiro atoms. The molecule has 0 aromatic rings. The molecule has 4 nitrogen and oxygen atoms in total. The van der Waals surface area contributed by atoms with Crippen LogP contribution in [0.15, 0.2) is 0 Å². The van der Waals surface area contributed by atoms with Crippen molar-refractivity contribution in [2.75, 3.05) is 6.54 Å². The smallest absolute Gasteiger partial charge is 0.221 e. The first-order chi connectivity index (χ1) is 7.57. The molecule has 0 aliphatic heterocycles. The average Bonchev–Trinajstić information content (AvgIpc) is 2.57. The van der Waals surface area contributed by atoms with E-state index in [1.807, 2.05) is 0 Å². The maximum atomic E-state index is 11.7. The zero-order chi connectivity index (χ0) is 11.6. The first kappa shape index (κ1) is 11.9. The fraction of sp³-hybridized carbons (Fsp3) is 0.917. The minimum atomic E-state index is -0.247. The Balaban J connectivity index is 1.64. The van der Waals surface area contributed by atoms with Gasteiger partial charge in [0.25, 0.3) is 0 Å². The summed E-state index contributed by atoms with van der Waals surface area (Å²) in [5.74, 6) is 0.544. The fourth-order valence-corrected chi connectivity index (χ4v) is 2.76. The quantitative estimate of drug-likeness (QED) is 0.654. The summed E-state index contributed by atoms with van der Waals surface area (Å²) in [4.78, 5) is 11.7. The highest BCUT2D eigenvalue weighted by Gasteiger charge is 2.32. The molecular weight excluding hydrogens is 204 g/mol. The van der Waals surface area contributed by atoms with E-state index in [2.05, 4.69) is 5.32 Å². The van der Waals surface area contributed by atoms with E-state index in [4.69, 9.17) is 10.8 Å². The van der Waals surface area contributed by atoms with Crippen LogP contribution in [0.4, 0.5) is 0 Å². The van der Waals surface area contributed by atoms with E-state index in [1.165, 1.54) is 0 Å². The Morgan fingerprint density at radius 3 is 2.56 bits per heavy atom. The molecule has 92 valence electrons. The van der Waals surface area contributed by atoms with Crippen molar-refractivity contribution < 1.29 is 9.90 Å². The Bertz CT molecular complexity index is 256. The fourth-order valence-electron chi connectivity index (χ4n) is 2.76. The summed E-state index contributed by atoms with van der Waals surface area (Å²) in [6.45, 7) is 0.700. The lowest BCUT2D eigenvalue weighted by atomic mass is 9.82. The van der Waals surface area contributed by atoms with E-state index >= 15 is 0 Å². The molecule has 2 fully saturated rings. The molecule has 2 aliphatic rings. The number of aliphatic hydroxyl groups excluding tert-OH is 1. The summed E-state index contributed by atoms with van der Waals surface area (Å²) in [6.07, 6.45) is 6.23. The van der Waals surface area contributed by atoms with Crippen LogP contribution in [-0.4, -0.2) is 29.2 Å². The van der Waals surface area contributed by atoms with E-state index in [9.17, 15) is 4.79 Å². The molecule has 0 bridgehead atoms. The van der Waals surface area contributed by atoms with Gasteiger partial charge in [-0.15, -0.1) is 0 Å². The molecule has 0 saturated heterocycles. The van der Waals surface area contributed by atoms with Gasteiger partial charge in [-0.1, -0.05) is 12.8 Å². The van der Waals surface area contributed by atoms with Crippen LogP contribution in [0.1, 0.15) is 44.9 Å². The van der Waals surface area contributed by atoms with Gasteiger partial charge in [0.15, 0.2) is 0 Å². The van der Waals surface area contributed by atoms with E-state index in [-0.39, 0.29) is 17.6 Å². The monoisotopic (exact) mass is 226 g/mol. The van der Waals surface area contributed by atoms with Gasteiger partial charge in [0.1, 0.15) is 0 Å². The maximum Gasteiger partial charge on any atom is 0.221 e. The van der Waals surface area contributed by atoms with Crippen molar-refractivity contribution in [1.82, 2.24) is 5.32 Å². The van der Waals surface area contributed by atoms with Crippen LogP contribution in [-0.2, 0) is 4.79 Å². The first-order valence-corrected chi connectivity index (χ1v) is 6.31. The number of carbonyl (C=O) groups is 1. The number of hydrogen-bond donors (Lipinski definition) is 3. The van der Waals surface area contributed by atoms with Gasteiger partial charge in [0.2, 0.25) is 5.91 Å². The molecule has 2 saturated carbocycles. The highest BCUT2D eigenvalue weighted by Crippen LogP contribution is 2.30. The van der Waals surface area contributed by atoms with E-state index in [1.54, 1.807) is 0 Å². The maximum absolute atomic E-state index is 11.7. The third kappa shape index (κ3) is 2.95. The standard InChI is InChI=1S/C12H22N2O2/c13-12(3-1-2-4-12)7-11(16)14-8-9-5-10(15)6-9/h9-10,15H,1-8,13H2,(H,14,16). The van der Waals surface area contributed by atoms with Crippen molar-refractivity contribution in [3.05, 3.63) is 0 Å². The molecular formula is C12H22N2O2. The largest absolute Gasteiger partial charge is 0.393 e. The van der Waals surface area contributed by atoms with Crippen LogP contribution in [0.25, 0.3) is 0 Å². The van der Waals surface area contributed by atoms with Crippen LogP contribution in [0.3, 0.4) is 0 Å². The number of hydrogen-bond acceptors (Lipinski definition) is 3. The van der Waals surface area contributed by atoms with Crippen molar-refractivity contribution in [3.8, 4) is 0 Å². The summed E-state index contributed by atoms with van der Waals surface area (Å²) in [5.41, 5.74) is 5.89. The van der Waals surface area contributed by atoms with Gasteiger partial charge in [-0.05, 0) is 31.6 Å². The number of carbonyl (C=O) groups excluding carboxylic acids is 1. The SMILES string of the molecule is NC1(CC(=O)NCC2CC(O)C2)CCCC1. The van der Waals surface area contributed by atoms with E-state index < -0.39 is 0 Å². The molecule has 4 heteroatoms. The van der Waals surface area contributed by atoms with Crippen LogP contribution in [0.2, 0.25) is 0 Å². The molecule has 4 N–H and O–H groups in total. The van der Waals surface area contributed by atoms with Crippen molar-refractivity contribution in [2.24, 2.45) is 11.7 Å². The van der Waals surface area contributed by atoms with E-state index in [0.717, 1.165) is 38.5 Å². The van der Waals surface area contributed by atoms with Crippen molar-refractivity contribution in [1.29, 1.82) is 0 Å². The Morgan fingerprint density at radius 2 is 2.00 bits per heavy atom. The van der Waals surface area contributed by atoms with Gasteiger partial charge in [-0.3, -0.25) is 4.79 Å². The topological polar surface area (TPSA) is 75.4 Å². The first-order valence-electron chi connectivity index (χ1n) is 6.31. The van der Waals surface area contributed by atoms with Crippen LogP contribution < -0.4 is 11.1 Å². The molecule has 0 unspecified atom stereocenters. The van der Waals surface area contributed by atoms with Gasteiger partial charge in [-0.2, -0.15) is 0 Å². The molecule has 0 heterocycles. The van der Waals surface area contributed by atoms with Crippen LogP contribution in [0, 0.1) is 5.92 Å². The second-order valence-corrected chi connectivity index (χ2v) is 5.54. The van der Waals surface area contributed by atoms with Gasteiger partial charge >= 0.3 is 0 Å². The molecule has 1 amide bonds. The lowest BCUT2D eigenvalue weighted by Crippen LogP contribution is -2.44. The average molecular weight is 226 g/mol. The Morgan fingerprint density at radius 1 is 1.38 bits per heavy atom. The second-order valence-electron chi connectivity index (χ2n) is 5.54. The normalized spacial score (nSPS) is 32.1. The third-order valence-electron chi connectivity index (χ3n) is 3.91. The molecule has 0 aromatic carbocycles. The molecule has 0 atom stereocenters. The zero-order valence-corrected chi connectivity index (χ0v) is 9.74. The van der Waals surface area contributed by atoms with Crippen molar-refractivity contribution >= 4 is 5.91 Å². The van der Waals surface area contributed by atoms with Crippen molar-refractivity contribution in [3.63, 3.8) is 0 Å². The molecule has 2 aliphatic carbocycles. The minimum Gasteiger partial charge on any atom is -0.393 e. The summed E-state index contributed by atoms with van der Waals surface area (Å²) < 4.78 is 0. The highest BCUT2D eigenvalue weighted by molar-refractivity contribution is 5.77. The minimum absolute atomic E-state index is 0.0748. The zero-order valence-electron chi connectivity index (χ0n) is 9.74. The van der Waals surface area contributed by atoms with Crippen LogP contribution >= 0.6 is 0 Å². The third-order valence-corrected chi connectivity index (χ3v) is 3.91. The van der Waals surface area contributed by atoms with E-state index in [0.29, 0.717) is 18.9 Å². The lowest BCUT2D eigenvalue weighted by molar-refractivity contribution is -0.122. The predicted molar refractivity (Wildman–Crippen MR) is 61.7 cm³/mol. The Labute approximate surface area is 96.6 Å². The molecule has 2 rings (SSSR count). The lowest BCUT2D eigenvalue weighted by Gasteiger charge is -2.31. The molecule has 0 aromatic heterocycles. The summed E-state index contributed by atoms with van der Waals surface area (Å²) in [5, 5.41) is 12.0. The van der Waals surface area contributed by atoms with Gasteiger partial charge < -0.3 is 16.2 Å². The Kier molecular flexibility index (Phi) is 3.50. The summed E-state index contributed by atoms with van der Waals surface area (Å²) in [7, 11) is 0. The van der Waals surface area contributed by atoms with Gasteiger partial charge in [0.05, 0.1) is 6.10 Å². The van der Waals surface area contributed by atoms with Gasteiger partial charge in [0, 0.05) is 18.5 Å². The van der Waals surface area contributed by atoms with Gasteiger partial charge in [-0.25, -0.2) is 0 Å². The van der Waals surface area contributed by atoms with Crippen molar-refractivity contribution in [2.45, 2.75) is 56.6 Å². The highest BCUT2D eigenvalue weighted by atomic mass is 16.3. The number of aliphatic hydroxyl groups is 1. The molecule has 16 heavy (non-hydrogen) atoms. The number of rotatable bonds is 4. The predicted octanol–water partition coefficient (Wildman–Crippen LogP) is 0.535.